The molecule has 0 aliphatic carbocycles. The fourth-order valence-electron chi connectivity index (χ4n) is 2.08. The van der Waals surface area contributed by atoms with E-state index in [4.69, 9.17) is 4.74 Å². The first-order valence-corrected chi connectivity index (χ1v) is 7.30. The molecule has 0 bridgehead atoms. The van der Waals surface area contributed by atoms with Crippen molar-refractivity contribution in [1.82, 2.24) is 5.32 Å². The minimum atomic E-state index is -0.726. The van der Waals surface area contributed by atoms with Gasteiger partial charge >= 0.3 is 0 Å². The molecule has 4 heteroatoms. The van der Waals surface area contributed by atoms with Crippen molar-refractivity contribution in [3.05, 3.63) is 65.7 Å². The number of aliphatic hydroxyl groups is 1. The van der Waals surface area contributed by atoms with Gasteiger partial charge in [0.15, 0.2) is 6.10 Å². The van der Waals surface area contributed by atoms with E-state index in [9.17, 15) is 9.90 Å². The summed E-state index contributed by atoms with van der Waals surface area (Å²) in [6.07, 6.45) is -1.35. The Kier molecular flexibility index (Phi) is 5.55. The molecule has 116 valence electrons. The summed E-state index contributed by atoms with van der Waals surface area (Å²) >= 11 is 0. The largest absolute Gasteiger partial charge is 0.481 e. The zero-order valence-electron chi connectivity index (χ0n) is 12.8. The number of ether oxygens (including phenoxy) is 1. The molecular weight excluding hydrogens is 278 g/mol. The highest BCUT2D eigenvalue weighted by molar-refractivity contribution is 5.80. The normalized spacial score (nSPS) is 13.2. The van der Waals surface area contributed by atoms with Crippen molar-refractivity contribution in [1.29, 1.82) is 0 Å². The van der Waals surface area contributed by atoms with Gasteiger partial charge < -0.3 is 15.2 Å². The number of carbonyl (C=O) groups is 1. The second kappa shape index (κ2) is 7.61. The van der Waals surface area contributed by atoms with Crippen molar-refractivity contribution >= 4 is 5.91 Å². The number of benzene rings is 2. The lowest BCUT2D eigenvalue weighted by Gasteiger charge is -2.17. The van der Waals surface area contributed by atoms with Gasteiger partial charge in [-0.15, -0.1) is 0 Å². The van der Waals surface area contributed by atoms with Gasteiger partial charge in [-0.25, -0.2) is 0 Å². The molecule has 0 spiro atoms. The van der Waals surface area contributed by atoms with Crippen LogP contribution in [0.2, 0.25) is 0 Å². The van der Waals surface area contributed by atoms with Crippen LogP contribution in [0.1, 0.15) is 24.2 Å². The topological polar surface area (TPSA) is 58.6 Å². The van der Waals surface area contributed by atoms with Gasteiger partial charge in [0.2, 0.25) is 0 Å². The zero-order valence-corrected chi connectivity index (χ0v) is 12.8. The molecule has 2 aromatic rings. The van der Waals surface area contributed by atoms with Crippen molar-refractivity contribution in [2.45, 2.75) is 26.1 Å². The highest BCUT2D eigenvalue weighted by Gasteiger charge is 2.16. The van der Waals surface area contributed by atoms with Crippen LogP contribution in [-0.2, 0) is 4.79 Å². The van der Waals surface area contributed by atoms with Crippen LogP contribution in [0.3, 0.4) is 0 Å². The van der Waals surface area contributed by atoms with Gasteiger partial charge in [-0.3, -0.25) is 4.79 Å². The maximum Gasteiger partial charge on any atom is 0.260 e. The summed E-state index contributed by atoms with van der Waals surface area (Å²) in [5.74, 6) is 0.405. The molecule has 0 saturated heterocycles. The van der Waals surface area contributed by atoms with Crippen LogP contribution >= 0.6 is 0 Å². The maximum atomic E-state index is 12.0. The average Bonchev–Trinajstić information content (AvgIpc) is 2.53. The predicted octanol–water partition coefficient (Wildman–Crippen LogP) is 2.61. The Bertz CT molecular complexity index is 613. The van der Waals surface area contributed by atoms with Gasteiger partial charge in [-0.2, -0.15) is 0 Å². The highest BCUT2D eigenvalue weighted by Crippen LogP contribution is 2.14. The van der Waals surface area contributed by atoms with Crippen LogP contribution in [0.15, 0.2) is 54.6 Å². The van der Waals surface area contributed by atoms with Gasteiger partial charge in [0.1, 0.15) is 5.75 Å². The first-order chi connectivity index (χ1) is 10.6. The Balaban J connectivity index is 1.84. The number of aliphatic hydroxyl groups excluding tert-OH is 1. The minimum absolute atomic E-state index is 0.157. The first-order valence-electron chi connectivity index (χ1n) is 7.30. The third-order valence-electron chi connectivity index (χ3n) is 3.33. The molecule has 2 atom stereocenters. The second-order valence-corrected chi connectivity index (χ2v) is 5.25. The Morgan fingerprint density at radius 1 is 1.18 bits per heavy atom. The van der Waals surface area contributed by atoms with E-state index in [0.29, 0.717) is 5.75 Å². The summed E-state index contributed by atoms with van der Waals surface area (Å²) in [6.45, 7) is 3.81. The molecule has 1 amide bonds. The lowest BCUT2D eigenvalue weighted by molar-refractivity contribution is -0.127. The van der Waals surface area contributed by atoms with Crippen LogP contribution in [-0.4, -0.2) is 23.7 Å². The minimum Gasteiger partial charge on any atom is -0.481 e. The van der Waals surface area contributed by atoms with Crippen molar-refractivity contribution in [2.75, 3.05) is 6.54 Å². The van der Waals surface area contributed by atoms with Crippen LogP contribution in [0.25, 0.3) is 0 Å². The number of aryl methyl sites for hydroxylation is 1. The van der Waals surface area contributed by atoms with Crippen molar-refractivity contribution in [2.24, 2.45) is 0 Å². The number of carbonyl (C=O) groups excluding carboxylic acids is 1. The van der Waals surface area contributed by atoms with E-state index in [-0.39, 0.29) is 12.5 Å². The zero-order chi connectivity index (χ0) is 15.9. The van der Waals surface area contributed by atoms with Gasteiger partial charge in [-0.05, 0) is 37.1 Å². The molecule has 2 aromatic carbocycles. The Morgan fingerprint density at radius 3 is 2.59 bits per heavy atom. The SMILES string of the molecule is Cc1cccc(OC(C)C(=O)NCC(O)c2ccccc2)c1. The van der Waals surface area contributed by atoms with E-state index in [2.05, 4.69) is 5.32 Å². The molecule has 2 N–H and O–H groups in total. The smallest absolute Gasteiger partial charge is 0.260 e. The fraction of sp³-hybridized carbons (Fsp3) is 0.278. The molecule has 4 nitrogen and oxygen atoms in total. The quantitative estimate of drug-likeness (QED) is 0.862. The molecule has 22 heavy (non-hydrogen) atoms. The van der Waals surface area contributed by atoms with Crippen LogP contribution in [0.4, 0.5) is 0 Å². The highest BCUT2D eigenvalue weighted by atomic mass is 16.5. The molecule has 0 aliphatic rings. The van der Waals surface area contributed by atoms with Crippen molar-refractivity contribution < 1.29 is 14.6 Å². The van der Waals surface area contributed by atoms with E-state index in [1.54, 1.807) is 6.92 Å². The van der Waals surface area contributed by atoms with E-state index in [0.717, 1.165) is 11.1 Å². The monoisotopic (exact) mass is 299 g/mol. The van der Waals surface area contributed by atoms with Gasteiger partial charge in [0, 0.05) is 6.54 Å². The number of hydrogen-bond donors (Lipinski definition) is 2. The van der Waals surface area contributed by atoms with E-state index in [1.165, 1.54) is 0 Å². The number of amides is 1. The van der Waals surface area contributed by atoms with E-state index < -0.39 is 12.2 Å². The van der Waals surface area contributed by atoms with Gasteiger partial charge in [-0.1, -0.05) is 42.5 Å². The summed E-state index contributed by atoms with van der Waals surface area (Å²) in [4.78, 5) is 12.0. The summed E-state index contributed by atoms with van der Waals surface area (Å²) in [6, 6.07) is 16.8. The van der Waals surface area contributed by atoms with Crippen molar-refractivity contribution in [3.8, 4) is 5.75 Å². The summed E-state index contributed by atoms with van der Waals surface area (Å²) in [5, 5.41) is 12.7. The predicted molar refractivity (Wildman–Crippen MR) is 85.7 cm³/mol. The molecule has 2 unspecified atom stereocenters. The summed E-state index contributed by atoms with van der Waals surface area (Å²) < 4.78 is 5.60. The van der Waals surface area contributed by atoms with Crippen LogP contribution in [0.5, 0.6) is 5.75 Å². The molecule has 0 fully saturated rings. The molecule has 0 aromatic heterocycles. The van der Waals surface area contributed by atoms with Crippen LogP contribution in [0, 0.1) is 6.92 Å². The molecule has 0 aliphatic heterocycles. The first kappa shape index (κ1) is 16.0. The third-order valence-corrected chi connectivity index (χ3v) is 3.33. The Labute approximate surface area is 130 Å². The lowest BCUT2D eigenvalue weighted by Crippen LogP contribution is -2.38. The van der Waals surface area contributed by atoms with Gasteiger partial charge in [0.05, 0.1) is 6.10 Å². The lowest BCUT2D eigenvalue weighted by atomic mass is 10.1. The molecule has 0 radical (unpaired) electrons. The molecule has 0 heterocycles. The average molecular weight is 299 g/mol. The fourth-order valence-corrected chi connectivity index (χ4v) is 2.08. The molecular formula is C18H21NO3. The number of hydrogen-bond acceptors (Lipinski definition) is 3. The van der Waals surface area contributed by atoms with Crippen LogP contribution < -0.4 is 10.1 Å². The Hall–Kier alpha value is -2.33. The van der Waals surface area contributed by atoms with E-state index >= 15 is 0 Å². The second-order valence-electron chi connectivity index (χ2n) is 5.25. The number of rotatable bonds is 6. The molecule has 2 rings (SSSR count). The summed E-state index contributed by atoms with van der Waals surface area (Å²) in [7, 11) is 0. The third kappa shape index (κ3) is 4.60. The summed E-state index contributed by atoms with van der Waals surface area (Å²) in [5.41, 5.74) is 1.85. The standard InChI is InChI=1S/C18H21NO3/c1-13-7-6-10-16(11-13)22-14(2)18(21)19-12-17(20)15-8-4-3-5-9-15/h3-11,14,17,20H,12H2,1-2H3,(H,19,21). The molecule has 0 saturated carbocycles. The van der Waals surface area contributed by atoms with Gasteiger partial charge in [0.25, 0.3) is 5.91 Å². The maximum absolute atomic E-state index is 12.0. The number of nitrogens with one attached hydrogen (secondary N) is 1. The Morgan fingerprint density at radius 2 is 1.91 bits per heavy atom. The van der Waals surface area contributed by atoms with E-state index in [1.807, 2.05) is 61.5 Å². The van der Waals surface area contributed by atoms with Crippen molar-refractivity contribution in [3.63, 3.8) is 0 Å².